The van der Waals surface area contributed by atoms with Crippen LogP contribution in [0.3, 0.4) is 0 Å². The van der Waals surface area contributed by atoms with Gasteiger partial charge < -0.3 is 15.1 Å². The molecule has 0 saturated heterocycles. The van der Waals surface area contributed by atoms with Gasteiger partial charge in [-0.15, -0.1) is 0 Å². The first-order valence-electron chi connectivity index (χ1n) is 6.43. The average Bonchev–Trinajstić information content (AvgIpc) is 2.97. The number of carbonyl (C=O) groups excluding carboxylic acids is 2. The van der Waals surface area contributed by atoms with E-state index in [9.17, 15) is 9.59 Å². The third-order valence-electron chi connectivity index (χ3n) is 3.00. The number of hydrogen-bond donors (Lipinski definition) is 2. The Morgan fingerprint density at radius 2 is 2.05 bits per heavy atom. The lowest BCUT2D eigenvalue weighted by atomic mass is 10.2. The van der Waals surface area contributed by atoms with Crippen LogP contribution in [0.2, 0.25) is 5.02 Å². The van der Waals surface area contributed by atoms with Gasteiger partial charge in [0.1, 0.15) is 0 Å². The van der Waals surface area contributed by atoms with Crippen LogP contribution in [0.5, 0.6) is 0 Å². The highest BCUT2D eigenvalue weighted by atomic mass is 35.5. The van der Waals surface area contributed by atoms with Crippen molar-refractivity contribution in [3.8, 4) is 0 Å². The average molecular weight is 307 g/mol. The molecule has 1 heterocycles. The predicted molar refractivity (Wildman–Crippen MR) is 80.2 cm³/mol. The van der Waals surface area contributed by atoms with E-state index in [0.717, 1.165) is 11.1 Å². The number of halogens is 1. The molecule has 110 valence electrons. The Hall–Kier alpha value is -2.27. The summed E-state index contributed by atoms with van der Waals surface area (Å²) in [6.45, 7) is 2.13. The Morgan fingerprint density at radius 3 is 2.76 bits per heavy atom. The van der Waals surface area contributed by atoms with Crippen LogP contribution >= 0.6 is 11.6 Å². The molecule has 0 saturated carbocycles. The monoisotopic (exact) mass is 306 g/mol. The minimum atomic E-state index is -0.715. The number of amides is 2. The molecule has 0 atom stereocenters. The number of carbonyl (C=O) groups is 2. The van der Waals surface area contributed by atoms with E-state index in [2.05, 4.69) is 10.6 Å². The SMILES string of the molecule is Cc1c(Cl)cccc1NC(=O)C(=O)NCCc1ccoc1. The molecule has 1 aromatic heterocycles. The zero-order valence-corrected chi connectivity index (χ0v) is 12.2. The third kappa shape index (κ3) is 4.10. The van der Waals surface area contributed by atoms with Gasteiger partial charge in [-0.25, -0.2) is 0 Å². The van der Waals surface area contributed by atoms with Crippen LogP contribution < -0.4 is 10.6 Å². The summed E-state index contributed by atoms with van der Waals surface area (Å²) in [4.78, 5) is 23.5. The van der Waals surface area contributed by atoms with Gasteiger partial charge in [-0.05, 0) is 42.7 Å². The Bertz CT molecular complexity index is 638. The Labute approximate surface area is 127 Å². The molecular formula is C15H15ClN2O3. The zero-order chi connectivity index (χ0) is 15.2. The van der Waals surface area contributed by atoms with Crippen LogP contribution in [-0.4, -0.2) is 18.4 Å². The van der Waals surface area contributed by atoms with Crippen molar-refractivity contribution in [2.45, 2.75) is 13.3 Å². The van der Waals surface area contributed by atoms with E-state index in [0.29, 0.717) is 23.7 Å². The zero-order valence-electron chi connectivity index (χ0n) is 11.5. The lowest BCUT2D eigenvalue weighted by Crippen LogP contribution is -2.36. The first-order valence-corrected chi connectivity index (χ1v) is 6.81. The number of furan rings is 1. The van der Waals surface area contributed by atoms with Crippen molar-refractivity contribution in [2.75, 3.05) is 11.9 Å². The number of rotatable bonds is 4. The third-order valence-corrected chi connectivity index (χ3v) is 3.41. The molecular weight excluding hydrogens is 292 g/mol. The highest BCUT2D eigenvalue weighted by Gasteiger charge is 2.14. The molecule has 0 bridgehead atoms. The molecule has 0 radical (unpaired) electrons. The highest BCUT2D eigenvalue weighted by molar-refractivity contribution is 6.40. The van der Waals surface area contributed by atoms with Crippen LogP contribution in [-0.2, 0) is 16.0 Å². The number of benzene rings is 1. The summed E-state index contributed by atoms with van der Waals surface area (Å²) in [6, 6.07) is 6.93. The van der Waals surface area contributed by atoms with Crippen molar-refractivity contribution in [3.63, 3.8) is 0 Å². The molecule has 2 aromatic rings. The van der Waals surface area contributed by atoms with Crippen molar-refractivity contribution in [3.05, 3.63) is 52.9 Å². The molecule has 2 amide bonds. The molecule has 0 unspecified atom stereocenters. The number of hydrogen-bond acceptors (Lipinski definition) is 3. The molecule has 2 N–H and O–H groups in total. The summed E-state index contributed by atoms with van der Waals surface area (Å²) in [5.41, 5.74) is 2.21. The van der Waals surface area contributed by atoms with Crippen molar-refractivity contribution < 1.29 is 14.0 Å². The van der Waals surface area contributed by atoms with E-state index in [-0.39, 0.29) is 0 Å². The van der Waals surface area contributed by atoms with Gasteiger partial charge in [-0.3, -0.25) is 9.59 Å². The van der Waals surface area contributed by atoms with E-state index in [1.807, 2.05) is 6.07 Å². The Morgan fingerprint density at radius 1 is 1.24 bits per heavy atom. The second-order valence-electron chi connectivity index (χ2n) is 4.50. The maximum atomic E-state index is 11.8. The van der Waals surface area contributed by atoms with Crippen LogP contribution in [0.15, 0.2) is 41.2 Å². The molecule has 0 aliphatic carbocycles. The fourth-order valence-corrected chi connectivity index (χ4v) is 1.93. The van der Waals surface area contributed by atoms with E-state index < -0.39 is 11.8 Å². The van der Waals surface area contributed by atoms with Crippen LogP contribution in [0, 0.1) is 6.92 Å². The molecule has 1 aromatic carbocycles. The Kier molecular flexibility index (Phi) is 5.00. The highest BCUT2D eigenvalue weighted by Crippen LogP contribution is 2.22. The summed E-state index contributed by atoms with van der Waals surface area (Å²) in [5.74, 6) is -1.40. The lowest BCUT2D eigenvalue weighted by Gasteiger charge is -2.09. The Balaban J connectivity index is 1.85. The van der Waals surface area contributed by atoms with Gasteiger partial charge in [0, 0.05) is 17.3 Å². The topological polar surface area (TPSA) is 71.3 Å². The molecule has 6 heteroatoms. The smallest absolute Gasteiger partial charge is 0.313 e. The fraction of sp³-hybridized carbons (Fsp3) is 0.200. The van der Waals surface area contributed by atoms with E-state index >= 15 is 0 Å². The predicted octanol–water partition coefficient (Wildman–Crippen LogP) is 2.54. The first kappa shape index (κ1) is 15.1. The van der Waals surface area contributed by atoms with E-state index in [1.165, 1.54) is 0 Å². The van der Waals surface area contributed by atoms with Gasteiger partial charge in [-0.1, -0.05) is 17.7 Å². The standard InChI is InChI=1S/C15H15ClN2O3/c1-10-12(16)3-2-4-13(10)18-15(20)14(19)17-7-5-11-6-8-21-9-11/h2-4,6,8-9H,5,7H2,1H3,(H,17,19)(H,18,20). The van der Waals surface area contributed by atoms with Gasteiger partial charge in [0.05, 0.1) is 12.5 Å². The van der Waals surface area contributed by atoms with Crippen LogP contribution in [0.4, 0.5) is 5.69 Å². The second kappa shape index (κ2) is 6.95. The molecule has 2 rings (SSSR count). The molecule has 0 aliphatic heterocycles. The van der Waals surface area contributed by atoms with Crippen molar-refractivity contribution >= 4 is 29.1 Å². The largest absolute Gasteiger partial charge is 0.472 e. The second-order valence-corrected chi connectivity index (χ2v) is 4.91. The maximum absolute atomic E-state index is 11.8. The summed E-state index contributed by atoms with van der Waals surface area (Å²) in [5, 5.41) is 5.63. The van der Waals surface area contributed by atoms with Crippen molar-refractivity contribution in [2.24, 2.45) is 0 Å². The van der Waals surface area contributed by atoms with E-state index in [4.69, 9.17) is 16.0 Å². The van der Waals surface area contributed by atoms with Gasteiger partial charge in [0.2, 0.25) is 0 Å². The minimum absolute atomic E-state index is 0.361. The summed E-state index contributed by atoms with van der Waals surface area (Å²) >= 11 is 5.96. The van der Waals surface area contributed by atoms with Crippen molar-refractivity contribution in [1.82, 2.24) is 5.32 Å². The van der Waals surface area contributed by atoms with Gasteiger partial charge >= 0.3 is 11.8 Å². The first-order chi connectivity index (χ1) is 10.1. The fourth-order valence-electron chi connectivity index (χ4n) is 1.76. The molecule has 0 spiro atoms. The number of anilines is 1. The molecule has 5 nitrogen and oxygen atoms in total. The van der Waals surface area contributed by atoms with Gasteiger partial charge in [0.15, 0.2) is 0 Å². The van der Waals surface area contributed by atoms with Crippen molar-refractivity contribution in [1.29, 1.82) is 0 Å². The lowest BCUT2D eigenvalue weighted by molar-refractivity contribution is -0.136. The van der Waals surface area contributed by atoms with Gasteiger partial charge in [-0.2, -0.15) is 0 Å². The number of nitrogens with one attached hydrogen (secondary N) is 2. The summed E-state index contributed by atoms with van der Waals surface area (Å²) in [6.07, 6.45) is 3.76. The summed E-state index contributed by atoms with van der Waals surface area (Å²) < 4.78 is 4.92. The quantitative estimate of drug-likeness (QED) is 0.853. The minimum Gasteiger partial charge on any atom is -0.472 e. The maximum Gasteiger partial charge on any atom is 0.313 e. The molecule has 0 fully saturated rings. The summed E-state index contributed by atoms with van der Waals surface area (Å²) in [7, 11) is 0. The van der Waals surface area contributed by atoms with E-state index in [1.54, 1.807) is 37.6 Å². The molecule has 0 aliphatic rings. The normalized spacial score (nSPS) is 10.2. The van der Waals surface area contributed by atoms with Gasteiger partial charge in [0.25, 0.3) is 0 Å². The molecule has 21 heavy (non-hydrogen) atoms. The van der Waals surface area contributed by atoms with Crippen LogP contribution in [0.1, 0.15) is 11.1 Å². The van der Waals surface area contributed by atoms with Crippen LogP contribution in [0.25, 0.3) is 0 Å².